The van der Waals surface area contributed by atoms with Crippen molar-refractivity contribution in [2.24, 2.45) is 5.92 Å². The SMILES string of the molecule is CCCS(=O)(=O)CCN1CCNC(C(C)C)C1. The molecule has 1 fully saturated rings. The largest absolute Gasteiger partial charge is 0.311 e. The van der Waals surface area contributed by atoms with Gasteiger partial charge in [-0.05, 0) is 12.3 Å². The molecule has 1 aliphatic heterocycles. The zero-order chi connectivity index (χ0) is 12.9. The number of nitrogens with zero attached hydrogens (tertiary/aromatic N) is 1. The predicted molar refractivity (Wildman–Crippen MR) is 72.0 cm³/mol. The van der Waals surface area contributed by atoms with Crippen molar-refractivity contribution in [2.75, 3.05) is 37.7 Å². The molecule has 5 heteroatoms. The Hall–Kier alpha value is -0.130. The molecule has 1 heterocycles. The van der Waals surface area contributed by atoms with Crippen LogP contribution in [0.2, 0.25) is 0 Å². The van der Waals surface area contributed by atoms with Gasteiger partial charge in [0.25, 0.3) is 0 Å². The van der Waals surface area contributed by atoms with Crippen molar-refractivity contribution in [1.29, 1.82) is 0 Å². The van der Waals surface area contributed by atoms with E-state index in [4.69, 9.17) is 0 Å². The van der Waals surface area contributed by atoms with Crippen LogP contribution in [0, 0.1) is 5.92 Å². The highest BCUT2D eigenvalue weighted by atomic mass is 32.2. The minimum atomic E-state index is -2.83. The molecular formula is C12H26N2O2S. The summed E-state index contributed by atoms with van der Waals surface area (Å²) >= 11 is 0. The molecule has 1 N–H and O–H groups in total. The molecule has 0 aromatic rings. The van der Waals surface area contributed by atoms with Crippen LogP contribution in [-0.4, -0.2) is 57.0 Å². The van der Waals surface area contributed by atoms with E-state index in [1.54, 1.807) is 0 Å². The second-order valence-corrected chi connectivity index (χ2v) is 7.56. The predicted octanol–water partition coefficient (Wildman–Crippen LogP) is 0.741. The zero-order valence-corrected chi connectivity index (χ0v) is 12.1. The highest BCUT2D eigenvalue weighted by Gasteiger charge is 2.22. The molecule has 0 bridgehead atoms. The molecule has 0 amide bonds. The average molecular weight is 262 g/mol. The first kappa shape index (κ1) is 14.9. The van der Waals surface area contributed by atoms with E-state index in [0.717, 1.165) is 26.1 Å². The van der Waals surface area contributed by atoms with Crippen LogP contribution in [0.25, 0.3) is 0 Å². The van der Waals surface area contributed by atoms with E-state index in [-0.39, 0.29) is 0 Å². The number of sulfone groups is 1. The summed E-state index contributed by atoms with van der Waals surface area (Å²) in [6.07, 6.45) is 0.721. The monoisotopic (exact) mass is 262 g/mol. The molecule has 1 unspecified atom stereocenters. The Kier molecular flexibility index (Phi) is 5.89. The van der Waals surface area contributed by atoms with Gasteiger partial charge in [-0.2, -0.15) is 0 Å². The van der Waals surface area contributed by atoms with Gasteiger partial charge in [0.05, 0.1) is 5.75 Å². The molecule has 0 saturated carbocycles. The van der Waals surface area contributed by atoms with Crippen LogP contribution >= 0.6 is 0 Å². The minimum absolute atomic E-state index is 0.311. The highest BCUT2D eigenvalue weighted by Crippen LogP contribution is 2.08. The zero-order valence-electron chi connectivity index (χ0n) is 11.3. The molecule has 17 heavy (non-hydrogen) atoms. The number of piperazine rings is 1. The van der Waals surface area contributed by atoms with Crippen molar-refractivity contribution in [1.82, 2.24) is 10.2 Å². The standard InChI is InChI=1S/C12H26N2O2S/c1-4-8-17(15,16)9-7-14-6-5-13-12(10-14)11(2)3/h11-13H,4-10H2,1-3H3. The fraction of sp³-hybridized carbons (Fsp3) is 1.00. The van der Waals surface area contributed by atoms with Gasteiger partial charge in [-0.15, -0.1) is 0 Å². The molecule has 0 spiro atoms. The van der Waals surface area contributed by atoms with Crippen molar-refractivity contribution in [3.63, 3.8) is 0 Å². The summed E-state index contributed by atoms with van der Waals surface area (Å²) in [7, 11) is -2.83. The maximum absolute atomic E-state index is 11.6. The Balaban J connectivity index is 2.37. The molecule has 1 atom stereocenters. The lowest BCUT2D eigenvalue weighted by atomic mass is 10.0. The van der Waals surface area contributed by atoms with Gasteiger partial charge in [0.1, 0.15) is 0 Å². The van der Waals surface area contributed by atoms with Crippen LogP contribution in [0.15, 0.2) is 0 Å². The van der Waals surface area contributed by atoms with Crippen LogP contribution in [0.5, 0.6) is 0 Å². The van der Waals surface area contributed by atoms with E-state index in [1.165, 1.54) is 0 Å². The number of rotatable bonds is 6. The van der Waals surface area contributed by atoms with Crippen molar-refractivity contribution in [2.45, 2.75) is 33.2 Å². The molecule has 0 aliphatic carbocycles. The number of hydrogen-bond acceptors (Lipinski definition) is 4. The van der Waals surface area contributed by atoms with E-state index in [2.05, 4.69) is 24.1 Å². The molecule has 102 valence electrons. The molecule has 4 nitrogen and oxygen atoms in total. The van der Waals surface area contributed by atoms with E-state index in [0.29, 0.717) is 30.0 Å². The first-order valence-electron chi connectivity index (χ1n) is 6.60. The number of hydrogen-bond donors (Lipinski definition) is 1. The van der Waals surface area contributed by atoms with Gasteiger partial charge in [-0.3, -0.25) is 4.90 Å². The van der Waals surface area contributed by atoms with E-state index < -0.39 is 9.84 Å². The third-order valence-corrected chi connectivity index (χ3v) is 5.16. The van der Waals surface area contributed by atoms with Crippen molar-refractivity contribution in [3.8, 4) is 0 Å². The summed E-state index contributed by atoms with van der Waals surface area (Å²) in [4.78, 5) is 2.27. The Morgan fingerprint density at radius 1 is 1.35 bits per heavy atom. The second-order valence-electron chi connectivity index (χ2n) is 5.26. The van der Waals surface area contributed by atoms with Crippen LogP contribution in [0.1, 0.15) is 27.2 Å². The van der Waals surface area contributed by atoms with Gasteiger partial charge >= 0.3 is 0 Å². The summed E-state index contributed by atoms with van der Waals surface area (Å²) in [6.45, 7) is 9.91. The molecule has 1 aliphatic rings. The summed E-state index contributed by atoms with van der Waals surface area (Å²) < 4.78 is 23.3. The van der Waals surface area contributed by atoms with Gasteiger partial charge in [0.2, 0.25) is 0 Å². The fourth-order valence-corrected chi connectivity index (χ4v) is 3.54. The van der Waals surface area contributed by atoms with Crippen LogP contribution in [-0.2, 0) is 9.84 Å². The van der Waals surface area contributed by atoms with Crippen LogP contribution in [0.4, 0.5) is 0 Å². The topological polar surface area (TPSA) is 49.4 Å². The molecular weight excluding hydrogens is 236 g/mol. The summed E-state index contributed by atoms with van der Waals surface area (Å²) in [5.74, 6) is 1.24. The third kappa shape index (κ3) is 5.36. The normalized spacial score (nSPS) is 23.2. The molecule has 0 aromatic carbocycles. The molecule has 1 saturated heterocycles. The first-order chi connectivity index (χ1) is 7.94. The third-order valence-electron chi connectivity index (χ3n) is 3.33. The Labute approximate surface area is 106 Å². The van der Waals surface area contributed by atoms with Gasteiger partial charge in [-0.1, -0.05) is 20.8 Å². The lowest BCUT2D eigenvalue weighted by Gasteiger charge is -2.35. The highest BCUT2D eigenvalue weighted by molar-refractivity contribution is 7.91. The number of nitrogens with one attached hydrogen (secondary N) is 1. The second kappa shape index (κ2) is 6.71. The average Bonchev–Trinajstić information content (AvgIpc) is 2.27. The minimum Gasteiger partial charge on any atom is -0.311 e. The summed E-state index contributed by atoms with van der Waals surface area (Å²) in [5.41, 5.74) is 0. The lowest BCUT2D eigenvalue weighted by molar-refractivity contribution is 0.183. The van der Waals surface area contributed by atoms with Gasteiger partial charge in [0.15, 0.2) is 9.84 Å². The Bertz CT molecular complexity index is 314. The lowest BCUT2D eigenvalue weighted by Crippen LogP contribution is -2.53. The van der Waals surface area contributed by atoms with Gasteiger partial charge in [-0.25, -0.2) is 8.42 Å². The van der Waals surface area contributed by atoms with Crippen molar-refractivity contribution in [3.05, 3.63) is 0 Å². The summed E-state index contributed by atoms with van der Waals surface area (Å²) in [6, 6.07) is 0.498. The van der Waals surface area contributed by atoms with E-state index in [1.807, 2.05) is 6.92 Å². The van der Waals surface area contributed by atoms with Crippen molar-refractivity contribution < 1.29 is 8.42 Å². The van der Waals surface area contributed by atoms with Gasteiger partial charge < -0.3 is 5.32 Å². The van der Waals surface area contributed by atoms with E-state index in [9.17, 15) is 8.42 Å². The first-order valence-corrected chi connectivity index (χ1v) is 8.43. The maximum atomic E-state index is 11.6. The Morgan fingerprint density at radius 3 is 2.65 bits per heavy atom. The van der Waals surface area contributed by atoms with Crippen LogP contribution < -0.4 is 5.32 Å². The van der Waals surface area contributed by atoms with Gasteiger partial charge in [0, 0.05) is 38.0 Å². The maximum Gasteiger partial charge on any atom is 0.151 e. The molecule has 0 aromatic heterocycles. The van der Waals surface area contributed by atoms with E-state index >= 15 is 0 Å². The smallest absolute Gasteiger partial charge is 0.151 e. The van der Waals surface area contributed by atoms with Crippen LogP contribution in [0.3, 0.4) is 0 Å². The fourth-order valence-electron chi connectivity index (χ4n) is 2.17. The summed E-state index contributed by atoms with van der Waals surface area (Å²) in [5, 5.41) is 3.48. The quantitative estimate of drug-likeness (QED) is 0.767. The van der Waals surface area contributed by atoms with Crippen molar-refractivity contribution >= 4 is 9.84 Å². The molecule has 1 rings (SSSR count). The Morgan fingerprint density at radius 2 is 2.06 bits per heavy atom. The molecule has 0 radical (unpaired) electrons.